The second-order valence-corrected chi connectivity index (χ2v) is 4.89. The van der Waals surface area contributed by atoms with Crippen LogP contribution in [-0.4, -0.2) is 50.6 Å². The Hall–Kier alpha value is -2.48. The average molecular weight is 294 g/mol. The molecule has 1 fully saturated rings. The highest BCUT2D eigenvalue weighted by atomic mass is 16.6. The summed E-state index contributed by atoms with van der Waals surface area (Å²) in [5, 5.41) is 29.1. The van der Waals surface area contributed by atoms with E-state index < -0.39 is 28.9 Å². The van der Waals surface area contributed by atoms with E-state index in [1.807, 2.05) is 0 Å². The zero-order chi connectivity index (χ0) is 15.6. The van der Waals surface area contributed by atoms with Gasteiger partial charge >= 0.3 is 5.97 Å². The van der Waals surface area contributed by atoms with Crippen LogP contribution in [-0.2, 0) is 16.0 Å². The largest absolute Gasteiger partial charge is 0.480 e. The molecule has 1 saturated heterocycles. The predicted octanol–water partition coefficient (Wildman–Crippen LogP) is 0.184. The lowest BCUT2D eigenvalue weighted by Crippen LogP contribution is -2.41. The summed E-state index contributed by atoms with van der Waals surface area (Å²) in [7, 11) is 0. The number of nitro benzene ring substituents is 1. The van der Waals surface area contributed by atoms with Crippen molar-refractivity contribution in [1.82, 2.24) is 4.90 Å². The van der Waals surface area contributed by atoms with Crippen molar-refractivity contribution in [2.45, 2.75) is 25.0 Å². The van der Waals surface area contributed by atoms with E-state index in [2.05, 4.69) is 0 Å². The average Bonchev–Trinajstić information content (AvgIpc) is 2.82. The van der Waals surface area contributed by atoms with Crippen molar-refractivity contribution in [1.29, 1.82) is 0 Å². The summed E-state index contributed by atoms with van der Waals surface area (Å²) in [5.41, 5.74) is 0.474. The van der Waals surface area contributed by atoms with Crippen LogP contribution in [0.5, 0.6) is 0 Å². The number of hydrogen-bond donors (Lipinski definition) is 2. The van der Waals surface area contributed by atoms with Crippen LogP contribution in [0.2, 0.25) is 0 Å². The maximum atomic E-state index is 12.1. The topological polar surface area (TPSA) is 121 Å². The van der Waals surface area contributed by atoms with Crippen molar-refractivity contribution in [3.8, 4) is 0 Å². The van der Waals surface area contributed by atoms with Crippen LogP contribution in [0.4, 0.5) is 5.69 Å². The summed E-state index contributed by atoms with van der Waals surface area (Å²) in [6, 6.07) is 4.47. The molecule has 0 saturated carbocycles. The Balaban J connectivity index is 2.06. The summed E-state index contributed by atoms with van der Waals surface area (Å²) < 4.78 is 0. The molecule has 0 radical (unpaired) electrons. The molecule has 2 unspecified atom stereocenters. The van der Waals surface area contributed by atoms with E-state index in [1.54, 1.807) is 0 Å². The number of amides is 1. The number of nitro groups is 1. The number of β-amino-alcohol motifs (C(OH)–C–C–N with tert-alkyl or cyclic N) is 1. The van der Waals surface area contributed by atoms with Crippen molar-refractivity contribution < 1.29 is 24.7 Å². The van der Waals surface area contributed by atoms with Crippen LogP contribution in [0.1, 0.15) is 12.0 Å². The van der Waals surface area contributed by atoms with Crippen molar-refractivity contribution in [2.24, 2.45) is 0 Å². The Morgan fingerprint density at radius 3 is 2.48 bits per heavy atom. The van der Waals surface area contributed by atoms with Crippen LogP contribution in [0.15, 0.2) is 24.3 Å². The number of aliphatic carboxylic acids is 1. The van der Waals surface area contributed by atoms with Crippen LogP contribution < -0.4 is 0 Å². The van der Waals surface area contributed by atoms with Crippen molar-refractivity contribution in [2.75, 3.05) is 6.54 Å². The minimum Gasteiger partial charge on any atom is -0.480 e. The van der Waals surface area contributed by atoms with Crippen molar-refractivity contribution in [3.05, 3.63) is 39.9 Å². The Bertz CT molecular complexity index is 571. The molecule has 0 aromatic heterocycles. The Labute approximate surface area is 119 Å². The number of carbonyl (C=O) groups excluding carboxylic acids is 1. The number of likely N-dealkylation sites (tertiary alicyclic amines) is 1. The summed E-state index contributed by atoms with van der Waals surface area (Å²) in [6.07, 6.45) is -0.887. The highest BCUT2D eigenvalue weighted by Gasteiger charge is 2.38. The summed E-state index contributed by atoms with van der Waals surface area (Å²) in [4.78, 5) is 34.3. The maximum absolute atomic E-state index is 12.1. The third kappa shape index (κ3) is 3.34. The number of carbonyl (C=O) groups is 2. The second kappa shape index (κ2) is 5.88. The number of aliphatic hydroxyl groups is 1. The minimum absolute atomic E-state index is 0.0111. The maximum Gasteiger partial charge on any atom is 0.326 e. The molecule has 1 aliphatic heterocycles. The lowest BCUT2D eigenvalue weighted by molar-refractivity contribution is -0.384. The van der Waals surface area contributed by atoms with Crippen molar-refractivity contribution in [3.63, 3.8) is 0 Å². The van der Waals surface area contributed by atoms with Gasteiger partial charge < -0.3 is 15.1 Å². The third-order valence-electron chi connectivity index (χ3n) is 3.39. The lowest BCUT2D eigenvalue weighted by Gasteiger charge is -2.21. The number of carboxylic acid groups (broad SMARTS) is 1. The first kappa shape index (κ1) is 14.9. The third-order valence-corrected chi connectivity index (χ3v) is 3.39. The number of rotatable bonds is 4. The molecule has 0 bridgehead atoms. The van der Waals surface area contributed by atoms with Gasteiger partial charge in [0.25, 0.3) is 5.69 Å². The van der Waals surface area contributed by atoms with Crippen LogP contribution in [0.25, 0.3) is 0 Å². The fourth-order valence-corrected chi connectivity index (χ4v) is 2.34. The van der Waals surface area contributed by atoms with Crippen LogP contribution in [0, 0.1) is 10.1 Å². The summed E-state index contributed by atoms with van der Waals surface area (Å²) >= 11 is 0. The molecule has 21 heavy (non-hydrogen) atoms. The summed E-state index contributed by atoms with van der Waals surface area (Å²) in [5.74, 6) is -1.57. The molecule has 1 aromatic carbocycles. The fourth-order valence-electron chi connectivity index (χ4n) is 2.34. The number of carboxylic acids is 1. The SMILES string of the molecule is O=C(O)C1CC(O)CN1C(=O)Cc1ccc([N+](=O)[O-])cc1. The zero-order valence-electron chi connectivity index (χ0n) is 11.0. The molecule has 1 aromatic rings. The number of aliphatic hydroxyl groups excluding tert-OH is 1. The van der Waals surface area contributed by atoms with E-state index in [4.69, 9.17) is 5.11 Å². The van der Waals surface area contributed by atoms with E-state index >= 15 is 0 Å². The van der Waals surface area contributed by atoms with Crippen LogP contribution >= 0.6 is 0 Å². The van der Waals surface area contributed by atoms with Gasteiger partial charge in [0, 0.05) is 25.1 Å². The highest BCUT2D eigenvalue weighted by molar-refractivity contribution is 5.85. The molecule has 112 valence electrons. The van der Waals surface area contributed by atoms with Gasteiger partial charge in [-0.3, -0.25) is 14.9 Å². The molecule has 2 atom stereocenters. The predicted molar refractivity (Wildman–Crippen MR) is 70.6 cm³/mol. The zero-order valence-corrected chi connectivity index (χ0v) is 11.0. The second-order valence-electron chi connectivity index (χ2n) is 4.89. The van der Waals surface area contributed by atoms with E-state index in [9.17, 15) is 24.8 Å². The van der Waals surface area contributed by atoms with Gasteiger partial charge in [-0.25, -0.2) is 4.79 Å². The first-order valence-corrected chi connectivity index (χ1v) is 6.32. The summed E-state index contributed by atoms with van der Waals surface area (Å²) in [6.45, 7) is -0.0111. The normalized spacial score (nSPS) is 21.3. The van der Waals surface area contributed by atoms with Gasteiger partial charge in [0.1, 0.15) is 6.04 Å². The van der Waals surface area contributed by atoms with Gasteiger partial charge in [-0.05, 0) is 5.56 Å². The highest BCUT2D eigenvalue weighted by Crippen LogP contribution is 2.20. The smallest absolute Gasteiger partial charge is 0.326 e. The standard InChI is InChI=1S/C13H14N2O6/c16-10-6-11(13(18)19)14(7-10)12(17)5-8-1-3-9(4-2-8)15(20)21/h1-4,10-11,16H,5-7H2,(H,18,19). The van der Waals surface area contributed by atoms with E-state index in [1.165, 1.54) is 24.3 Å². The Morgan fingerprint density at radius 1 is 1.33 bits per heavy atom. The Morgan fingerprint density at radius 2 is 1.95 bits per heavy atom. The van der Waals surface area contributed by atoms with Gasteiger partial charge in [-0.2, -0.15) is 0 Å². The van der Waals surface area contributed by atoms with Crippen LogP contribution in [0.3, 0.4) is 0 Å². The van der Waals surface area contributed by atoms with Gasteiger partial charge in [0.05, 0.1) is 17.4 Å². The molecule has 8 heteroatoms. The Kier molecular flexibility index (Phi) is 4.18. The molecule has 0 spiro atoms. The van der Waals surface area contributed by atoms with Gasteiger partial charge in [-0.1, -0.05) is 12.1 Å². The number of hydrogen-bond acceptors (Lipinski definition) is 5. The fraction of sp³-hybridized carbons (Fsp3) is 0.385. The number of benzene rings is 1. The molecule has 1 aliphatic rings. The molecular weight excluding hydrogens is 280 g/mol. The quantitative estimate of drug-likeness (QED) is 0.603. The molecule has 8 nitrogen and oxygen atoms in total. The van der Waals surface area contributed by atoms with E-state index in [0.717, 1.165) is 4.90 Å². The molecule has 1 amide bonds. The van der Waals surface area contributed by atoms with Gasteiger partial charge in [-0.15, -0.1) is 0 Å². The number of nitrogens with zero attached hydrogens (tertiary/aromatic N) is 2. The monoisotopic (exact) mass is 294 g/mol. The van der Waals surface area contributed by atoms with E-state index in [0.29, 0.717) is 5.56 Å². The van der Waals surface area contributed by atoms with E-state index in [-0.39, 0.29) is 25.1 Å². The minimum atomic E-state index is -1.15. The molecular formula is C13H14N2O6. The molecule has 1 heterocycles. The molecule has 2 rings (SSSR count). The van der Waals surface area contributed by atoms with Gasteiger partial charge in [0.15, 0.2) is 0 Å². The van der Waals surface area contributed by atoms with Crippen molar-refractivity contribution >= 4 is 17.6 Å². The molecule has 2 N–H and O–H groups in total. The first-order chi connectivity index (χ1) is 9.88. The first-order valence-electron chi connectivity index (χ1n) is 6.32. The lowest BCUT2D eigenvalue weighted by atomic mass is 10.1. The van der Waals surface area contributed by atoms with Gasteiger partial charge in [0.2, 0.25) is 5.91 Å². The molecule has 0 aliphatic carbocycles. The number of non-ortho nitro benzene ring substituents is 1.